The first-order valence-corrected chi connectivity index (χ1v) is 16.3. The van der Waals surface area contributed by atoms with Crippen LogP contribution in [0.5, 0.6) is 5.75 Å². The van der Waals surface area contributed by atoms with Gasteiger partial charge in [0.25, 0.3) is 0 Å². The van der Waals surface area contributed by atoms with Gasteiger partial charge in [-0.05, 0) is 82.9 Å². The van der Waals surface area contributed by atoms with Gasteiger partial charge in [-0.1, -0.05) is 71.9 Å². The number of aryl methyl sites for hydroxylation is 1. The van der Waals surface area contributed by atoms with Crippen molar-refractivity contribution in [1.82, 2.24) is 20.1 Å². The molecule has 3 aromatic carbocycles. The number of benzene rings is 3. The average Bonchev–Trinajstić information content (AvgIpc) is 3.64. The topological polar surface area (TPSA) is 102 Å². The van der Waals surface area contributed by atoms with Gasteiger partial charge in [-0.3, -0.25) is 9.69 Å². The van der Waals surface area contributed by atoms with E-state index in [2.05, 4.69) is 54.9 Å². The van der Waals surface area contributed by atoms with Crippen LogP contribution in [-0.2, 0) is 4.79 Å². The van der Waals surface area contributed by atoms with Crippen LogP contribution in [0.4, 0.5) is 23.7 Å². The summed E-state index contributed by atoms with van der Waals surface area (Å²) in [6.07, 6.45) is -0.884. The number of anilines is 1. The summed E-state index contributed by atoms with van der Waals surface area (Å²) in [6.45, 7) is 6.39. The van der Waals surface area contributed by atoms with Crippen LogP contribution in [0, 0.1) is 6.92 Å². The first kappa shape index (κ1) is 33.9. The second kappa shape index (κ2) is 14.6. The Balaban J connectivity index is 1.19. The van der Waals surface area contributed by atoms with E-state index in [1.165, 1.54) is 51.9 Å². The van der Waals surface area contributed by atoms with Gasteiger partial charge in [0.2, 0.25) is 5.91 Å². The number of aliphatic imine (C=N–C) groups is 1. The summed E-state index contributed by atoms with van der Waals surface area (Å²) in [7, 11) is 0. The average molecular weight is 728 g/mol. The van der Waals surface area contributed by atoms with Gasteiger partial charge in [0.05, 0.1) is 17.1 Å². The van der Waals surface area contributed by atoms with Gasteiger partial charge in [0.1, 0.15) is 12.1 Å². The molecule has 2 heterocycles. The van der Waals surface area contributed by atoms with Crippen LogP contribution in [0.2, 0.25) is 0 Å². The molecule has 0 unspecified atom stereocenters. The van der Waals surface area contributed by atoms with Crippen molar-refractivity contribution in [1.29, 1.82) is 0 Å². The number of hydrogen-bond donors (Lipinski definition) is 1. The third kappa shape index (κ3) is 8.89. The van der Waals surface area contributed by atoms with E-state index in [-0.39, 0.29) is 23.3 Å². The number of urea groups is 1. The van der Waals surface area contributed by atoms with Crippen molar-refractivity contribution in [2.75, 3.05) is 17.2 Å². The Morgan fingerprint density at radius 2 is 1.91 bits per heavy atom. The maximum absolute atomic E-state index is 12.8. The quantitative estimate of drug-likeness (QED) is 0.187. The number of carbonyl (C=O) groups excluding carboxylic acids is 2. The molecule has 0 radical (unpaired) electrons. The van der Waals surface area contributed by atoms with E-state index in [4.69, 9.17) is 0 Å². The molecule has 0 atom stereocenters. The van der Waals surface area contributed by atoms with Crippen molar-refractivity contribution in [3.05, 3.63) is 94.2 Å². The number of thioether (sulfide) groups is 1. The first-order chi connectivity index (χ1) is 22.4. The summed E-state index contributed by atoms with van der Waals surface area (Å²) in [5.74, 6) is 0.399. The minimum atomic E-state index is -4.76. The molecule has 0 aliphatic carbocycles. The smallest absolute Gasteiger partial charge is 0.406 e. The fraction of sp³-hybridized carbons (Fsp3) is 0.242. The van der Waals surface area contributed by atoms with Gasteiger partial charge in [-0.15, -0.1) is 18.3 Å². The van der Waals surface area contributed by atoms with Gasteiger partial charge < -0.3 is 10.1 Å². The number of amides is 3. The fourth-order valence-electron chi connectivity index (χ4n) is 4.77. The second-order valence-electron chi connectivity index (χ2n) is 10.9. The minimum Gasteiger partial charge on any atom is -0.406 e. The van der Waals surface area contributed by atoms with Crippen molar-refractivity contribution in [2.24, 2.45) is 4.99 Å². The molecule has 9 nitrogen and oxygen atoms in total. The molecule has 1 aliphatic rings. The number of alkyl halides is 3. The van der Waals surface area contributed by atoms with Gasteiger partial charge in [0.15, 0.2) is 11.0 Å². The Kier molecular flexibility index (Phi) is 10.5. The Morgan fingerprint density at radius 3 is 2.64 bits per heavy atom. The molecule has 3 amide bonds. The van der Waals surface area contributed by atoms with Crippen LogP contribution in [0.15, 0.2) is 82.5 Å². The Labute approximate surface area is 282 Å². The summed E-state index contributed by atoms with van der Waals surface area (Å²) in [6, 6.07) is 18.3. The van der Waals surface area contributed by atoms with Crippen LogP contribution in [-0.4, -0.2) is 50.5 Å². The molecule has 47 heavy (non-hydrogen) atoms. The van der Waals surface area contributed by atoms with Gasteiger partial charge in [-0.25, -0.2) is 14.5 Å². The van der Waals surface area contributed by atoms with E-state index >= 15 is 0 Å². The molecular weight excluding hydrogens is 697 g/mol. The van der Waals surface area contributed by atoms with E-state index in [1.807, 2.05) is 55.5 Å². The van der Waals surface area contributed by atoms with E-state index in [0.29, 0.717) is 29.6 Å². The Morgan fingerprint density at radius 1 is 1.15 bits per heavy atom. The van der Waals surface area contributed by atoms with Crippen molar-refractivity contribution in [2.45, 2.75) is 39.5 Å². The highest BCUT2D eigenvalue weighted by atomic mass is 79.9. The highest BCUT2D eigenvalue weighted by Crippen LogP contribution is 2.34. The van der Waals surface area contributed by atoms with Crippen LogP contribution < -0.4 is 15.0 Å². The molecule has 0 saturated carbocycles. The molecule has 1 aliphatic heterocycles. The molecule has 1 N–H and O–H groups in total. The summed E-state index contributed by atoms with van der Waals surface area (Å²) >= 11 is 4.81. The van der Waals surface area contributed by atoms with Crippen LogP contribution in [0.25, 0.3) is 23.2 Å². The Bertz CT molecular complexity index is 1840. The molecule has 0 spiro atoms. The van der Waals surface area contributed by atoms with E-state index in [0.717, 1.165) is 32.4 Å². The lowest BCUT2D eigenvalue weighted by Crippen LogP contribution is -2.32. The summed E-state index contributed by atoms with van der Waals surface area (Å²) in [5, 5.41) is 7.61. The van der Waals surface area contributed by atoms with Gasteiger partial charge >= 0.3 is 12.4 Å². The molecule has 14 heteroatoms. The fourth-order valence-corrected chi connectivity index (χ4v) is 6.09. The van der Waals surface area contributed by atoms with E-state index < -0.39 is 12.4 Å². The predicted octanol–water partition coefficient (Wildman–Crippen LogP) is 8.24. The molecule has 5 rings (SSSR count). The lowest BCUT2D eigenvalue weighted by molar-refractivity contribution is -0.274. The zero-order valence-corrected chi connectivity index (χ0v) is 28.0. The van der Waals surface area contributed by atoms with Crippen LogP contribution >= 0.6 is 27.7 Å². The standard InChI is InChI=1S/C33H30BrF3N6O3S/c1-20(2)27-12-7-21(3)15-28(27)43-29(44)18-47-32(43)40-31(45)38-14-13-24(34)17-22-5-4-6-23(16-22)30-39-19-42(41-30)25-8-10-26(11-9-25)46-33(35,36)37/h4-12,15-17,19-20H,13-14,18H2,1-3H3,(H,38,45). The molecule has 244 valence electrons. The molecule has 0 bridgehead atoms. The number of nitrogens with zero attached hydrogens (tertiary/aromatic N) is 5. The molecule has 4 aromatic rings. The maximum Gasteiger partial charge on any atom is 0.573 e. The SMILES string of the molecule is Cc1ccc(C(C)C)c(N2C(=O)CSC2=NC(=O)NCCC(Br)=Cc2cccc(-c3ncn(-c4ccc(OC(F)(F)F)cc4)n3)c2)c1. The third-order valence-electron chi connectivity index (χ3n) is 6.95. The van der Waals surface area contributed by atoms with Crippen molar-refractivity contribution >= 4 is 56.6 Å². The zero-order valence-electron chi connectivity index (χ0n) is 25.6. The number of rotatable bonds is 9. The van der Waals surface area contributed by atoms with Crippen LogP contribution in [0.3, 0.4) is 0 Å². The highest BCUT2D eigenvalue weighted by Gasteiger charge is 2.33. The number of nitrogens with one attached hydrogen (secondary N) is 1. The van der Waals surface area contributed by atoms with Crippen LogP contribution in [0.1, 0.15) is 42.9 Å². The number of ether oxygens (including phenoxy) is 1. The van der Waals surface area contributed by atoms with Crippen molar-refractivity contribution in [3.63, 3.8) is 0 Å². The first-order valence-electron chi connectivity index (χ1n) is 14.5. The lowest BCUT2D eigenvalue weighted by Gasteiger charge is -2.22. The normalized spacial score (nSPS) is 14.7. The zero-order chi connectivity index (χ0) is 33.7. The highest BCUT2D eigenvalue weighted by molar-refractivity contribution is 9.11. The summed E-state index contributed by atoms with van der Waals surface area (Å²) in [5.41, 5.74) is 4.90. The molecular formula is C33H30BrF3N6O3S. The monoisotopic (exact) mass is 726 g/mol. The third-order valence-corrected chi connectivity index (χ3v) is 8.50. The maximum atomic E-state index is 12.8. The second-order valence-corrected chi connectivity index (χ2v) is 12.8. The number of halogens is 4. The number of carbonyl (C=O) groups is 2. The largest absolute Gasteiger partial charge is 0.573 e. The predicted molar refractivity (Wildman–Crippen MR) is 181 cm³/mol. The number of aromatic nitrogens is 3. The number of hydrogen-bond acceptors (Lipinski definition) is 6. The number of amidine groups is 1. The summed E-state index contributed by atoms with van der Waals surface area (Å²) < 4.78 is 43.6. The van der Waals surface area contributed by atoms with E-state index in [1.54, 1.807) is 0 Å². The summed E-state index contributed by atoms with van der Waals surface area (Å²) in [4.78, 5) is 35.6. The molecule has 1 aromatic heterocycles. The van der Waals surface area contributed by atoms with Crippen molar-refractivity contribution in [3.8, 4) is 22.8 Å². The lowest BCUT2D eigenvalue weighted by atomic mass is 9.99. The Hall–Kier alpha value is -4.43. The van der Waals surface area contributed by atoms with E-state index in [9.17, 15) is 22.8 Å². The molecule has 1 fully saturated rings. The van der Waals surface area contributed by atoms with Gasteiger partial charge in [-0.2, -0.15) is 4.99 Å². The minimum absolute atomic E-state index is 0.113. The van der Waals surface area contributed by atoms with Gasteiger partial charge in [0, 0.05) is 12.1 Å². The molecule has 1 saturated heterocycles. The van der Waals surface area contributed by atoms with Crippen molar-refractivity contribution < 1.29 is 27.5 Å².